The van der Waals surface area contributed by atoms with Crippen molar-refractivity contribution in [3.63, 3.8) is 0 Å². The van der Waals surface area contributed by atoms with E-state index in [1.165, 1.54) is 0 Å². The zero-order valence-electron chi connectivity index (χ0n) is 12.6. The zero-order chi connectivity index (χ0) is 15.9. The molecule has 2 amide bonds. The van der Waals surface area contributed by atoms with E-state index < -0.39 is 0 Å². The van der Waals surface area contributed by atoms with Gasteiger partial charge in [-0.1, -0.05) is 19.1 Å². The predicted molar refractivity (Wildman–Crippen MR) is 85.9 cm³/mol. The first kappa shape index (κ1) is 16.4. The lowest BCUT2D eigenvalue weighted by Crippen LogP contribution is -2.41. The number of hydrogen-bond acceptors (Lipinski definition) is 4. The minimum absolute atomic E-state index is 0.0259. The van der Waals surface area contributed by atoms with Gasteiger partial charge in [0, 0.05) is 13.1 Å². The number of nitrogens with zero attached hydrogens (tertiary/aromatic N) is 3. The van der Waals surface area contributed by atoms with Gasteiger partial charge in [-0.25, -0.2) is 0 Å². The van der Waals surface area contributed by atoms with E-state index in [1.807, 2.05) is 19.1 Å². The van der Waals surface area contributed by atoms with Gasteiger partial charge in [0.05, 0.1) is 23.3 Å². The van der Waals surface area contributed by atoms with Crippen LogP contribution in [0.15, 0.2) is 24.3 Å². The van der Waals surface area contributed by atoms with Crippen molar-refractivity contribution in [2.75, 3.05) is 24.7 Å². The lowest BCUT2D eigenvalue weighted by molar-refractivity contribution is -0.138. The lowest BCUT2D eigenvalue weighted by Gasteiger charge is -2.25. The summed E-state index contributed by atoms with van der Waals surface area (Å²) in [4.78, 5) is 27.4. The molecule has 1 saturated heterocycles. The van der Waals surface area contributed by atoms with E-state index in [-0.39, 0.29) is 18.4 Å². The van der Waals surface area contributed by atoms with Crippen molar-refractivity contribution in [2.24, 2.45) is 0 Å². The summed E-state index contributed by atoms with van der Waals surface area (Å²) in [5.74, 6) is 1.08. The van der Waals surface area contributed by atoms with Crippen LogP contribution in [-0.4, -0.2) is 46.3 Å². The topological polar surface area (TPSA) is 64.4 Å². The Kier molecular flexibility index (Phi) is 5.84. The summed E-state index contributed by atoms with van der Waals surface area (Å²) in [6.07, 6.45) is 0.866. The van der Waals surface area contributed by atoms with Crippen molar-refractivity contribution in [1.29, 1.82) is 5.26 Å². The number of amides is 2. The standard InChI is InChI=1S/C16H19N3O2S/c1-2-7-18(9-14-5-3-13(8-17)4-6-14)15(20)10-19-12-22-11-16(19)21/h3-6H,2,7,9-12H2,1H3. The summed E-state index contributed by atoms with van der Waals surface area (Å²) < 4.78 is 0. The largest absolute Gasteiger partial charge is 0.337 e. The molecular formula is C16H19N3O2S. The van der Waals surface area contributed by atoms with E-state index in [0.717, 1.165) is 12.0 Å². The number of thioether (sulfide) groups is 1. The maximum Gasteiger partial charge on any atom is 0.242 e. The maximum atomic E-state index is 12.4. The summed E-state index contributed by atoms with van der Waals surface area (Å²) in [6, 6.07) is 9.32. The minimum atomic E-state index is -0.0259. The molecule has 5 nitrogen and oxygen atoms in total. The Hall–Kier alpha value is -2.00. The van der Waals surface area contributed by atoms with E-state index in [1.54, 1.807) is 33.7 Å². The Morgan fingerprint density at radius 3 is 2.68 bits per heavy atom. The SMILES string of the molecule is CCCN(Cc1ccc(C#N)cc1)C(=O)CN1CSCC1=O. The molecule has 1 heterocycles. The van der Waals surface area contributed by atoms with Crippen molar-refractivity contribution in [2.45, 2.75) is 19.9 Å². The fourth-order valence-corrected chi connectivity index (χ4v) is 3.17. The summed E-state index contributed by atoms with van der Waals surface area (Å²) in [6.45, 7) is 3.35. The van der Waals surface area contributed by atoms with Gasteiger partial charge in [-0.2, -0.15) is 5.26 Å². The Labute approximate surface area is 134 Å². The van der Waals surface area contributed by atoms with E-state index in [4.69, 9.17) is 5.26 Å². The molecule has 6 heteroatoms. The van der Waals surface area contributed by atoms with Crippen molar-refractivity contribution in [3.8, 4) is 6.07 Å². The Balaban J connectivity index is 2.00. The van der Waals surface area contributed by atoms with Crippen molar-refractivity contribution < 1.29 is 9.59 Å². The highest BCUT2D eigenvalue weighted by molar-refractivity contribution is 8.00. The first-order chi connectivity index (χ1) is 10.6. The van der Waals surface area contributed by atoms with Gasteiger partial charge in [-0.3, -0.25) is 9.59 Å². The minimum Gasteiger partial charge on any atom is -0.337 e. The van der Waals surface area contributed by atoms with Crippen LogP contribution in [0.3, 0.4) is 0 Å². The second kappa shape index (κ2) is 7.85. The van der Waals surface area contributed by atoms with Crippen LogP contribution in [0.5, 0.6) is 0 Å². The highest BCUT2D eigenvalue weighted by atomic mass is 32.2. The number of rotatable bonds is 6. The molecule has 1 aliphatic heterocycles. The van der Waals surface area contributed by atoms with Gasteiger partial charge in [0.2, 0.25) is 11.8 Å². The summed E-state index contributed by atoms with van der Waals surface area (Å²) in [5, 5.41) is 8.81. The van der Waals surface area contributed by atoms with Crippen molar-refractivity contribution in [3.05, 3.63) is 35.4 Å². The monoisotopic (exact) mass is 317 g/mol. The predicted octanol–water partition coefficient (Wildman–Crippen LogP) is 1.83. The number of benzene rings is 1. The average molecular weight is 317 g/mol. The van der Waals surface area contributed by atoms with Crippen LogP contribution >= 0.6 is 11.8 Å². The van der Waals surface area contributed by atoms with Crippen LogP contribution in [0.25, 0.3) is 0 Å². The Morgan fingerprint density at radius 2 is 2.14 bits per heavy atom. The van der Waals surface area contributed by atoms with E-state index >= 15 is 0 Å². The molecule has 0 saturated carbocycles. The third-order valence-electron chi connectivity index (χ3n) is 3.45. The third kappa shape index (κ3) is 4.25. The number of nitriles is 1. The molecule has 1 aromatic carbocycles. The van der Waals surface area contributed by atoms with Gasteiger partial charge in [-0.05, 0) is 24.1 Å². The lowest BCUT2D eigenvalue weighted by atomic mass is 10.1. The fraction of sp³-hybridized carbons (Fsp3) is 0.438. The zero-order valence-corrected chi connectivity index (χ0v) is 13.4. The number of hydrogen-bond donors (Lipinski definition) is 0. The van der Waals surface area contributed by atoms with Crippen molar-refractivity contribution in [1.82, 2.24) is 9.80 Å². The highest BCUT2D eigenvalue weighted by Gasteiger charge is 2.25. The molecule has 0 atom stereocenters. The molecule has 0 aromatic heterocycles. The van der Waals surface area contributed by atoms with Crippen LogP contribution in [0.4, 0.5) is 0 Å². The molecule has 2 rings (SSSR count). The summed E-state index contributed by atoms with van der Waals surface area (Å²) in [5.41, 5.74) is 1.60. The quantitative estimate of drug-likeness (QED) is 0.803. The molecule has 0 bridgehead atoms. The van der Waals surface area contributed by atoms with Crippen LogP contribution in [0, 0.1) is 11.3 Å². The van der Waals surface area contributed by atoms with Crippen LogP contribution in [-0.2, 0) is 16.1 Å². The average Bonchev–Trinajstić information content (AvgIpc) is 2.92. The van der Waals surface area contributed by atoms with E-state index in [2.05, 4.69) is 6.07 Å². The van der Waals surface area contributed by atoms with Gasteiger partial charge in [-0.15, -0.1) is 11.8 Å². The van der Waals surface area contributed by atoms with Crippen LogP contribution in [0.2, 0.25) is 0 Å². The molecule has 1 fully saturated rings. The molecule has 0 unspecified atom stereocenters. The van der Waals surface area contributed by atoms with Gasteiger partial charge in [0.15, 0.2) is 0 Å². The Morgan fingerprint density at radius 1 is 1.41 bits per heavy atom. The third-order valence-corrected chi connectivity index (χ3v) is 4.40. The molecule has 0 spiro atoms. The maximum absolute atomic E-state index is 12.4. The molecule has 1 aromatic rings. The number of carbonyl (C=O) groups is 2. The fourth-order valence-electron chi connectivity index (χ4n) is 2.27. The molecule has 1 aliphatic rings. The smallest absolute Gasteiger partial charge is 0.242 e. The van der Waals surface area contributed by atoms with E-state index in [0.29, 0.717) is 30.3 Å². The first-order valence-electron chi connectivity index (χ1n) is 7.26. The normalized spacial score (nSPS) is 14.0. The summed E-state index contributed by atoms with van der Waals surface area (Å²) >= 11 is 1.54. The van der Waals surface area contributed by atoms with Gasteiger partial charge in [0.25, 0.3) is 0 Å². The first-order valence-corrected chi connectivity index (χ1v) is 8.42. The molecule has 116 valence electrons. The van der Waals surface area contributed by atoms with Crippen molar-refractivity contribution >= 4 is 23.6 Å². The van der Waals surface area contributed by atoms with E-state index in [9.17, 15) is 9.59 Å². The molecule has 0 aliphatic carbocycles. The number of carbonyl (C=O) groups excluding carboxylic acids is 2. The van der Waals surface area contributed by atoms with Crippen LogP contribution in [0.1, 0.15) is 24.5 Å². The second-order valence-electron chi connectivity index (χ2n) is 5.19. The Bertz CT molecular complexity index is 580. The summed E-state index contributed by atoms with van der Waals surface area (Å²) in [7, 11) is 0. The molecule has 0 N–H and O–H groups in total. The highest BCUT2D eigenvalue weighted by Crippen LogP contribution is 2.15. The molecule has 0 radical (unpaired) electrons. The van der Waals surface area contributed by atoms with Gasteiger partial charge >= 0.3 is 0 Å². The van der Waals surface area contributed by atoms with Gasteiger partial charge < -0.3 is 9.80 Å². The molecule has 22 heavy (non-hydrogen) atoms. The van der Waals surface area contributed by atoms with Gasteiger partial charge in [0.1, 0.15) is 6.54 Å². The molecular weight excluding hydrogens is 298 g/mol. The van der Waals surface area contributed by atoms with Crippen LogP contribution < -0.4 is 0 Å². The second-order valence-corrected chi connectivity index (χ2v) is 6.15.